The van der Waals surface area contributed by atoms with Gasteiger partial charge in [-0.25, -0.2) is 0 Å². The van der Waals surface area contributed by atoms with E-state index in [0.29, 0.717) is 27.3 Å². The highest BCUT2D eigenvalue weighted by atomic mass is 35.5. The van der Waals surface area contributed by atoms with Crippen molar-refractivity contribution < 1.29 is 14.4 Å². The lowest BCUT2D eigenvalue weighted by Gasteiger charge is -2.13. The van der Waals surface area contributed by atoms with E-state index < -0.39 is 23.6 Å². The van der Waals surface area contributed by atoms with E-state index in [1.54, 1.807) is 42.5 Å². The number of benzene rings is 3. The van der Waals surface area contributed by atoms with Crippen LogP contribution in [-0.2, 0) is 16.1 Å². The molecule has 1 N–H and O–H groups in total. The molecule has 1 aromatic heterocycles. The molecule has 192 valence electrons. The molecule has 1 saturated heterocycles. The SMILES string of the molecule is Cc1c(/C=C2/SC(=O)N(CC(=O)Nc3ccccc3Cl)C2=O)c2ccccc2n1Cc1ccc(Cl)cc1Cl. The van der Waals surface area contributed by atoms with Gasteiger partial charge < -0.3 is 9.88 Å². The largest absolute Gasteiger partial charge is 0.340 e. The second-order valence-electron chi connectivity index (χ2n) is 8.63. The number of aromatic nitrogens is 1. The van der Waals surface area contributed by atoms with Gasteiger partial charge in [-0.15, -0.1) is 0 Å². The molecule has 0 spiro atoms. The lowest BCUT2D eigenvalue weighted by molar-refractivity contribution is -0.127. The first-order valence-corrected chi connectivity index (χ1v) is 13.5. The number of carbonyl (C=O) groups excluding carboxylic acids is 3. The Hall–Kier alpha value is -3.23. The minimum Gasteiger partial charge on any atom is -0.340 e. The number of thioether (sulfide) groups is 1. The number of rotatable bonds is 6. The maximum Gasteiger partial charge on any atom is 0.294 e. The predicted molar refractivity (Wildman–Crippen MR) is 155 cm³/mol. The molecular formula is C28H20Cl3N3O3S. The fraction of sp³-hybridized carbons (Fsp3) is 0.107. The third-order valence-corrected chi connectivity index (χ3v) is 8.05. The molecule has 1 aliphatic rings. The molecule has 0 bridgehead atoms. The van der Waals surface area contributed by atoms with Crippen LogP contribution in [0.4, 0.5) is 10.5 Å². The number of hydrogen-bond acceptors (Lipinski definition) is 4. The van der Waals surface area contributed by atoms with E-state index in [-0.39, 0.29) is 4.91 Å². The minimum atomic E-state index is -0.522. The minimum absolute atomic E-state index is 0.246. The molecule has 0 atom stereocenters. The molecule has 38 heavy (non-hydrogen) atoms. The summed E-state index contributed by atoms with van der Waals surface area (Å²) in [5.74, 6) is -1.04. The predicted octanol–water partition coefficient (Wildman–Crippen LogP) is 7.63. The smallest absolute Gasteiger partial charge is 0.294 e. The first kappa shape index (κ1) is 26.4. The van der Waals surface area contributed by atoms with Crippen molar-refractivity contribution in [3.63, 3.8) is 0 Å². The Balaban J connectivity index is 1.43. The van der Waals surface area contributed by atoms with Crippen molar-refractivity contribution in [3.8, 4) is 0 Å². The van der Waals surface area contributed by atoms with Crippen molar-refractivity contribution in [1.29, 1.82) is 0 Å². The number of amides is 3. The molecule has 1 aliphatic heterocycles. The fourth-order valence-electron chi connectivity index (χ4n) is 4.33. The highest BCUT2D eigenvalue weighted by molar-refractivity contribution is 8.18. The van der Waals surface area contributed by atoms with Crippen molar-refractivity contribution in [1.82, 2.24) is 9.47 Å². The summed E-state index contributed by atoms with van der Waals surface area (Å²) in [6.45, 7) is 2.04. The molecular weight excluding hydrogens is 565 g/mol. The van der Waals surface area contributed by atoms with Crippen LogP contribution in [-0.4, -0.2) is 33.1 Å². The number of nitrogens with zero attached hydrogens (tertiary/aromatic N) is 2. The topological polar surface area (TPSA) is 71.4 Å². The summed E-state index contributed by atoms with van der Waals surface area (Å²) in [5, 5.41) is 4.55. The molecule has 6 nitrogen and oxygen atoms in total. The molecule has 3 aromatic carbocycles. The Kier molecular flexibility index (Phi) is 7.54. The van der Waals surface area contributed by atoms with Crippen LogP contribution in [0.25, 0.3) is 17.0 Å². The summed E-state index contributed by atoms with van der Waals surface area (Å²) in [5.41, 5.74) is 3.99. The Morgan fingerprint density at radius 1 is 0.974 bits per heavy atom. The number of nitrogens with one attached hydrogen (secondary N) is 1. The molecule has 1 fully saturated rings. The van der Waals surface area contributed by atoms with Gasteiger partial charge in [-0.3, -0.25) is 19.3 Å². The van der Waals surface area contributed by atoms with Gasteiger partial charge in [0.25, 0.3) is 11.1 Å². The summed E-state index contributed by atoms with van der Waals surface area (Å²) in [6.07, 6.45) is 1.72. The Morgan fingerprint density at radius 3 is 2.47 bits per heavy atom. The molecule has 10 heteroatoms. The van der Waals surface area contributed by atoms with Gasteiger partial charge in [0.2, 0.25) is 5.91 Å². The number of halogens is 3. The lowest BCUT2D eigenvalue weighted by atomic mass is 10.1. The van der Waals surface area contributed by atoms with Gasteiger partial charge in [-0.2, -0.15) is 0 Å². The van der Waals surface area contributed by atoms with Gasteiger partial charge in [0.15, 0.2) is 0 Å². The van der Waals surface area contributed by atoms with Crippen molar-refractivity contribution in [2.75, 3.05) is 11.9 Å². The molecule has 4 aromatic rings. The standard InChI is InChI=1S/C28H20Cl3N3O3S/c1-16-20(19-6-2-5-9-24(19)33(16)14-17-10-11-18(29)12-22(17)31)13-25-27(36)34(28(37)38-25)15-26(35)32-23-8-4-3-7-21(23)30/h2-13H,14-15H2,1H3,(H,32,35)/b25-13+. The second kappa shape index (κ2) is 10.9. The van der Waals surface area contributed by atoms with Crippen LogP contribution in [0.1, 0.15) is 16.8 Å². The number of carbonyl (C=O) groups is 3. The zero-order valence-corrected chi connectivity index (χ0v) is 23.1. The van der Waals surface area contributed by atoms with Crippen molar-refractivity contribution >= 4 is 86.3 Å². The van der Waals surface area contributed by atoms with Gasteiger partial charge in [0.05, 0.1) is 15.6 Å². The first-order chi connectivity index (χ1) is 18.2. The van der Waals surface area contributed by atoms with Gasteiger partial charge in [-0.05, 0) is 60.7 Å². The van der Waals surface area contributed by atoms with E-state index in [4.69, 9.17) is 34.8 Å². The zero-order chi connectivity index (χ0) is 27.0. The number of para-hydroxylation sites is 2. The molecule has 0 unspecified atom stereocenters. The van der Waals surface area contributed by atoms with Gasteiger partial charge in [0.1, 0.15) is 6.54 Å². The summed E-state index contributed by atoms with van der Waals surface area (Å²) in [4.78, 5) is 39.6. The Morgan fingerprint density at radius 2 is 1.71 bits per heavy atom. The first-order valence-electron chi connectivity index (χ1n) is 11.5. The quantitative estimate of drug-likeness (QED) is 0.237. The average Bonchev–Trinajstić information content (AvgIpc) is 3.30. The monoisotopic (exact) mass is 583 g/mol. The normalized spacial score (nSPS) is 14.6. The van der Waals surface area contributed by atoms with Crippen LogP contribution >= 0.6 is 46.6 Å². The molecule has 2 heterocycles. The zero-order valence-electron chi connectivity index (χ0n) is 20.0. The van der Waals surface area contributed by atoms with Crippen LogP contribution in [0.3, 0.4) is 0 Å². The number of fused-ring (bicyclic) bond motifs is 1. The summed E-state index contributed by atoms with van der Waals surface area (Å²) in [7, 11) is 0. The summed E-state index contributed by atoms with van der Waals surface area (Å²) >= 11 is 19.4. The van der Waals surface area contributed by atoms with E-state index in [1.165, 1.54) is 0 Å². The second-order valence-corrected chi connectivity index (χ2v) is 10.9. The van der Waals surface area contributed by atoms with Crippen molar-refractivity contribution in [2.24, 2.45) is 0 Å². The van der Waals surface area contributed by atoms with Crippen molar-refractivity contribution in [2.45, 2.75) is 13.5 Å². The van der Waals surface area contributed by atoms with E-state index in [9.17, 15) is 14.4 Å². The van der Waals surface area contributed by atoms with Crippen LogP contribution in [0, 0.1) is 6.92 Å². The van der Waals surface area contributed by atoms with Crippen LogP contribution < -0.4 is 5.32 Å². The van der Waals surface area contributed by atoms with Crippen LogP contribution in [0.15, 0.2) is 71.6 Å². The number of imide groups is 1. The number of hydrogen-bond donors (Lipinski definition) is 1. The van der Waals surface area contributed by atoms with Crippen LogP contribution in [0.5, 0.6) is 0 Å². The Bertz CT molecular complexity index is 1650. The molecule has 5 rings (SSSR count). The highest BCUT2D eigenvalue weighted by Gasteiger charge is 2.36. The third-order valence-electron chi connectivity index (χ3n) is 6.22. The number of anilines is 1. The van der Waals surface area contributed by atoms with E-state index in [1.807, 2.05) is 37.3 Å². The summed E-state index contributed by atoms with van der Waals surface area (Å²) < 4.78 is 2.11. The van der Waals surface area contributed by atoms with E-state index >= 15 is 0 Å². The van der Waals surface area contributed by atoms with Crippen molar-refractivity contribution in [3.05, 3.63) is 104 Å². The van der Waals surface area contributed by atoms with E-state index in [0.717, 1.165) is 44.4 Å². The maximum atomic E-state index is 13.2. The van der Waals surface area contributed by atoms with E-state index in [2.05, 4.69) is 9.88 Å². The highest BCUT2D eigenvalue weighted by Crippen LogP contribution is 2.36. The molecule has 0 aliphatic carbocycles. The fourth-order valence-corrected chi connectivity index (χ4v) is 5.80. The maximum absolute atomic E-state index is 13.2. The van der Waals surface area contributed by atoms with Crippen LogP contribution in [0.2, 0.25) is 15.1 Å². The molecule has 3 amide bonds. The summed E-state index contributed by atoms with van der Waals surface area (Å²) in [6, 6.07) is 20.0. The molecule has 0 radical (unpaired) electrons. The van der Waals surface area contributed by atoms with Gasteiger partial charge in [0, 0.05) is 38.8 Å². The molecule has 0 saturated carbocycles. The average molecular weight is 585 g/mol. The van der Waals surface area contributed by atoms with Gasteiger partial charge in [-0.1, -0.05) is 71.2 Å². The lowest BCUT2D eigenvalue weighted by Crippen LogP contribution is -2.36. The third kappa shape index (κ3) is 5.20. The Labute approximate surface area is 238 Å². The van der Waals surface area contributed by atoms with Gasteiger partial charge >= 0.3 is 0 Å².